The summed E-state index contributed by atoms with van der Waals surface area (Å²) in [5.41, 5.74) is 1.59. The number of thioether (sulfide) groups is 1. The molecule has 0 bridgehead atoms. The van der Waals surface area contributed by atoms with E-state index >= 15 is 0 Å². The lowest BCUT2D eigenvalue weighted by Gasteiger charge is -2.22. The Labute approximate surface area is 151 Å². The zero-order valence-corrected chi connectivity index (χ0v) is 15.7. The first-order valence-corrected chi connectivity index (χ1v) is 9.42. The van der Waals surface area contributed by atoms with Crippen LogP contribution in [-0.2, 0) is 0 Å². The van der Waals surface area contributed by atoms with E-state index in [2.05, 4.69) is 28.7 Å². The van der Waals surface area contributed by atoms with Crippen LogP contribution in [0, 0.1) is 11.3 Å². The number of hydrogen-bond acceptors (Lipinski definition) is 6. The second kappa shape index (κ2) is 8.58. The molecule has 1 aromatic carbocycles. The van der Waals surface area contributed by atoms with E-state index in [-0.39, 0.29) is 5.56 Å². The smallest absolute Gasteiger partial charge is 0.270 e. The molecule has 0 spiro atoms. The Balaban J connectivity index is 2.68. The largest absolute Gasteiger partial charge is 0.493 e. The van der Waals surface area contributed by atoms with Gasteiger partial charge < -0.3 is 14.6 Å². The minimum absolute atomic E-state index is 0.00524. The van der Waals surface area contributed by atoms with E-state index in [1.54, 1.807) is 0 Å². The molecule has 1 heterocycles. The van der Waals surface area contributed by atoms with E-state index in [1.807, 2.05) is 37.4 Å². The van der Waals surface area contributed by atoms with Crippen LogP contribution >= 0.6 is 11.8 Å². The van der Waals surface area contributed by atoms with Gasteiger partial charge in [0.1, 0.15) is 23.1 Å². The number of aromatic nitrogens is 2. The van der Waals surface area contributed by atoms with E-state index in [0.717, 1.165) is 18.8 Å². The average Bonchev–Trinajstić information content (AvgIpc) is 2.62. The van der Waals surface area contributed by atoms with Gasteiger partial charge in [-0.25, -0.2) is 4.98 Å². The maximum absolute atomic E-state index is 12.2. The van der Waals surface area contributed by atoms with Gasteiger partial charge in [0, 0.05) is 30.4 Å². The lowest BCUT2D eigenvalue weighted by molar-refractivity contribution is 0.341. The number of nitriles is 1. The number of hydrogen-bond donors (Lipinski definition) is 1. The molecule has 0 amide bonds. The fourth-order valence-corrected chi connectivity index (χ4v) is 2.99. The summed E-state index contributed by atoms with van der Waals surface area (Å²) < 4.78 is 5.79. The number of rotatable bonds is 7. The van der Waals surface area contributed by atoms with Gasteiger partial charge in [-0.3, -0.25) is 4.79 Å². The summed E-state index contributed by atoms with van der Waals surface area (Å²) in [6.45, 7) is 8.32. The minimum atomic E-state index is -0.438. The summed E-state index contributed by atoms with van der Waals surface area (Å²) in [6, 6.07) is 7.73. The molecule has 0 saturated heterocycles. The van der Waals surface area contributed by atoms with Crippen molar-refractivity contribution in [3.63, 3.8) is 0 Å². The quantitative estimate of drug-likeness (QED) is 0.604. The molecule has 2 rings (SSSR count). The van der Waals surface area contributed by atoms with Gasteiger partial charge in [0.25, 0.3) is 5.56 Å². The standard InChI is InChI=1S/C18H22N4O2S/c1-5-22(6-2)12-8-9-13(15(10-12)24-7-3)16-14(11-19)17(23)21-18(20-16)25-4/h8-10H,5-7H2,1-4H3,(H,20,21,23). The lowest BCUT2D eigenvalue weighted by Crippen LogP contribution is -2.21. The van der Waals surface area contributed by atoms with Crippen LogP contribution < -0.4 is 15.2 Å². The van der Waals surface area contributed by atoms with Crippen molar-refractivity contribution < 1.29 is 4.74 Å². The highest BCUT2D eigenvalue weighted by Crippen LogP contribution is 2.34. The zero-order valence-electron chi connectivity index (χ0n) is 14.9. The molecular weight excluding hydrogens is 336 g/mol. The van der Waals surface area contributed by atoms with Gasteiger partial charge in [-0.2, -0.15) is 5.26 Å². The highest BCUT2D eigenvalue weighted by Gasteiger charge is 2.18. The summed E-state index contributed by atoms with van der Waals surface area (Å²) in [5.74, 6) is 0.619. The molecule has 1 N–H and O–H groups in total. The first-order chi connectivity index (χ1) is 12.1. The van der Waals surface area contributed by atoms with Gasteiger partial charge in [-0.05, 0) is 39.2 Å². The number of aromatic amines is 1. The summed E-state index contributed by atoms with van der Waals surface area (Å²) in [6.07, 6.45) is 1.82. The molecule has 0 fully saturated rings. The Bertz CT molecular complexity index is 838. The molecule has 0 unspecified atom stereocenters. The Morgan fingerprint density at radius 3 is 2.60 bits per heavy atom. The Hall–Kier alpha value is -2.46. The van der Waals surface area contributed by atoms with Crippen LogP contribution in [0.4, 0.5) is 5.69 Å². The summed E-state index contributed by atoms with van der Waals surface area (Å²) in [7, 11) is 0. The fraction of sp³-hybridized carbons (Fsp3) is 0.389. The van der Waals surface area contributed by atoms with Crippen LogP contribution in [0.2, 0.25) is 0 Å². The Kier molecular flexibility index (Phi) is 6.48. The SMILES string of the molecule is CCOc1cc(N(CC)CC)ccc1-c1nc(SC)[nH]c(=O)c1C#N. The van der Waals surface area contributed by atoms with Crippen molar-refractivity contribution in [2.75, 3.05) is 30.9 Å². The molecule has 1 aromatic heterocycles. The summed E-state index contributed by atoms with van der Waals surface area (Å²) >= 11 is 1.32. The normalized spacial score (nSPS) is 10.4. The van der Waals surface area contributed by atoms with Crippen molar-refractivity contribution in [2.24, 2.45) is 0 Å². The number of nitrogens with one attached hydrogen (secondary N) is 1. The number of ether oxygens (including phenoxy) is 1. The summed E-state index contributed by atoms with van der Waals surface area (Å²) in [4.78, 5) is 21.4. The molecule has 7 heteroatoms. The second-order valence-corrected chi connectivity index (χ2v) is 5.99. The van der Waals surface area contributed by atoms with Crippen molar-refractivity contribution in [3.8, 4) is 23.1 Å². The highest BCUT2D eigenvalue weighted by atomic mass is 32.2. The molecule has 0 saturated carbocycles. The zero-order chi connectivity index (χ0) is 18.4. The van der Waals surface area contributed by atoms with Crippen LogP contribution in [0.3, 0.4) is 0 Å². The van der Waals surface area contributed by atoms with Crippen molar-refractivity contribution >= 4 is 17.4 Å². The second-order valence-electron chi connectivity index (χ2n) is 5.20. The average molecular weight is 358 g/mol. The van der Waals surface area contributed by atoms with Crippen LogP contribution in [0.1, 0.15) is 26.3 Å². The van der Waals surface area contributed by atoms with E-state index in [4.69, 9.17) is 4.74 Å². The minimum Gasteiger partial charge on any atom is -0.493 e. The van der Waals surface area contributed by atoms with Gasteiger partial charge >= 0.3 is 0 Å². The van der Waals surface area contributed by atoms with Crippen LogP contribution in [-0.4, -0.2) is 35.9 Å². The third kappa shape index (κ3) is 3.97. The topological polar surface area (TPSA) is 82.0 Å². The van der Waals surface area contributed by atoms with Crippen LogP contribution in [0.15, 0.2) is 28.2 Å². The van der Waals surface area contributed by atoms with E-state index in [1.165, 1.54) is 11.8 Å². The third-order valence-corrected chi connectivity index (χ3v) is 4.43. The van der Waals surface area contributed by atoms with E-state index in [0.29, 0.717) is 28.8 Å². The molecule has 0 aliphatic heterocycles. The molecular formula is C18H22N4O2S. The van der Waals surface area contributed by atoms with E-state index in [9.17, 15) is 10.1 Å². The predicted octanol–water partition coefficient (Wildman–Crippen LogP) is 3.28. The van der Waals surface area contributed by atoms with Crippen molar-refractivity contribution in [1.82, 2.24) is 9.97 Å². The highest BCUT2D eigenvalue weighted by molar-refractivity contribution is 7.98. The van der Waals surface area contributed by atoms with Gasteiger partial charge in [0.2, 0.25) is 0 Å². The maximum atomic E-state index is 12.2. The number of anilines is 1. The van der Waals surface area contributed by atoms with Crippen molar-refractivity contribution in [3.05, 3.63) is 34.1 Å². The maximum Gasteiger partial charge on any atom is 0.270 e. The van der Waals surface area contributed by atoms with Crippen molar-refractivity contribution in [1.29, 1.82) is 5.26 Å². The molecule has 6 nitrogen and oxygen atoms in total. The fourth-order valence-electron chi connectivity index (χ4n) is 2.61. The van der Waals surface area contributed by atoms with Crippen LogP contribution in [0.5, 0.6) is 5.75 Å². The van der Waals surface area contributed by atoms with Crippen LogP contribution in [0.25, 0.3) is 11.3 Å². The molecule has 0 radical (unpaired) electrons. The summed E-state index contributed by atoms with van der Waals surface area (Å²) in [5, 5.41) is 9.86. The first kappa shape index (κ1) is 18.9. The predicted molar refractivity (Wildman–Crippen MR) is 102 cm³/mol. The molecule has 132 valence electrons. The van der Waals surface area contributed by atoms with Gasteiger partial charge in [-0.15, -0.1) is 0 Å². The number of H-pyrrole nitrogens is 1. The first-order valence-electron chi connectivity index (χ1n) is 8.20. The van der Waals surface area contributed by atoms with Crippen molar-refractivity contribution in [2.45, 2.75) is 25.9 Å². The van der Waals surface area contributed by atoms with Gasteiger partial charge in [0.05, 0.1) is 6.61 Å². The molecule has 25 heavy (non-hydrogen) atoms. The molecule has 0 aliphatic carbocycles. The molecule has 0 atom stereocenters. The van der Waals surface area contributed by atoms with Gasteiger partial charge in [0.15, 0.2) is 5.16 Å². The molecule has 0 aliphatic rings. The monoisotopic (exact) mass is 358 g/mol. The van der Waals surface area contributed by atoms with E-state index < -0.39 is 5.56 Å². The number of benzene rings is 1. The Morgan fingerprint density at radius 2 is 2.04 bits per heavy atom. The Morgan fingerprint density at radius 1 is 1.32 bits per heavy atom. The number of nitrogens with zero attached hydrogens (tertiary/aromatic N) is 3. The molecule has 2 aromatic rings. The van der Waals surface area contributed by atoms with Gasteiger partial charge in [-0.1, -0.05) is 11.8 Å². The third-order valence-electron chi connectivity index (χ3n) is 3.85. The lowest BCUT2D eigenvalue weighted by atomic mass is 10.1.